The molecule has 2 aromatic rings. The summed E-state index contributed by atoms with van der Waals surface area (Å²) < 4.78 is 1.95. The molecular weight excluding hydrogens is 320 g/mol. The molecular formula is C17H26N6O2. The molecule has 0 aliphatic carbocycles. The second-order valence-electron chi connectivity index (χ2n) is 6.80. The Labute approximate surface area is 147 Å². The number of amides is 1. The third kappa shape index (κ3) is 3.30. The van der Waals surface area contributed by atoms with Crippen LogP contribution >= 0.6 is 0 Å². The molecule has 3 rings (SSSR count). The van der Waals surface area contributed by atoms with Gasteiger partial charge in [0.25, 0.3) is 5.91 Å². The fourth-order valence-electron chi connectivity index (χ4n) is 3.60. The molecule has 1 fully saturated rings. The molecule has 0 spiro atoms. The Morgan fingerprint density at radius 1 is 1.44 bits per heavy atom. The number of nitrogens with one attached hydrogen (secondary N) is 1. The third-order valence-electron chi connectivity index (χ3n) is 5.08. The van der Waals surface area contributed by atoms with E-state index in [1.165, 1.54) is 6.20 Å². The Kier molecular flexibility index (Phi) is 4.89. The SMILES string of the molecule is CCC(CC)n1nc(C(=O)N2CCCC(O)(c3cn[nH]n3)C2)cc1C. The Bertz CT molecular complexity index is 722. The van der Waals surface area contributed by atoms with Gasteiger partial charge >= 0.3 is 0 Å². The van der Waals surface area contributed by atoms with E-state index in [-0.39, 0.29) is 12.5 Å². The van der Waals surface area contributed by atoms with Gasteiger partial charge in [0.05, 0.1) is 18.8 Å². The second kappa shape index (κ2) is 6.95. The van der Waals surface area contributed by atoms with Gasteiger partial charge in [0, 0.05) is 12.2 Å². The molecule has 2 aromatic heterocycles. The van der Waals surface area contributed by atoms with E-state index in [2.05, 4.69) is 34.4 Å². The van der Waals surface area contributed by atoms with Crippen molar-refractivity contribution in [1.82, 2.24) is 30.1 Å². The zero-order valence-electron chi connectivity index (χ0n) is 15.1. The van der Waals surface area contributed by atoms with Crippen LogP contribution in [-0.4, -0.2) is 54.2 Å². The molecule has 2 N–H and O–H groups in total. The van der Waals surface area contributed by atoms with Crippen LogP contribution in [0.3, 0.4) is 0 Å². The molecule has 1 saturated heterocycles. The van der Waals surface area contributed by atoms with Gasteiger partial charge in [0.15, 0.2) is 5.69 Å². The number of aliphatic hydroxyl groups is 1. The average molecular weight is 346 g/mol. The predicted octanol–water partition coefficient (Wildman–Crippen LogP) is 1.79. The molecule has 0 radical (unpaired) electrons. The van der Waals surface area contributed by atoms with Gasteiger partial charge in [-0.3, -0.25) is 9.48 Å². The fraction of sp³-hybridized carbons (Fsp3) is 0.647. The highest BCUT2D eigenvalue weighted by atomic mass is 16.3. The quantitative estimate of drug-likeness (QED) is 0.860. The van der Waals surface area contributed by atoms with Gasteiger partial charge in [0.1, 0.15) is 11.3 Å². The number of piperidine rings is 1. The van der Waals surface area contributed by atoms with E-state index in [1.807, 2.05) is 17.7 Å². The van der Waals surface area contributed by atoms with Crippen LogP contribution in [0, 0.1) is 6.92 Å². The van der Waals surface area contributed by atoms with E-state index in [4.69, 9.17) is 0 Å². The lowest BCUT2D eigenvalue weighted by molar-refractivity contribution is -0.0322. The van der Waals surface area contributed by atoms with Gasteiger partial charge in [-0.1, -0.05) is 13.8 Å². The first-order valence-corrected chi connectivity index (χ1v) is 8.92. The minimum Gasteiger partial charge on any atom is -0.382 e. The lowest BCUT2D eigenvalue weighted by atomic mass is 9.90. The van der Waals surface area contributed by atoms with Crippen LogP contribution in [0.2, 0.25) is 0 Å². The summed E-state index contributed by atoms with van der Waals surface area (Å²) in [6.45, 7) is 7.04. The Balaban J connectivity index is 1.80. The number of β-amino-alcohol motifs (C(OH)–C–C–N with tert-alkyl or cyclic N) is 1. The van der Waals surface area contributed by atoms with Crippen LogP contribution in [0.1, 0.15) is 67.4 Å². The van der Waals surface area contributed by atoms with Crippen LogP contribution < -0.4 is 0 Å². The molecule has 0 aromatic carbocycles. The van der Waals surface area contributed by atoms with Gasteiger partial charge in [0.2, 0.25) is 0 Å². The third-order valence-corrected chi connectivity index (χ3v) is 5.08. The van der Waals surface area contributed by atoms with Crippen molar-refractivity contribution in [2.75, 3.05) is 13.1 Å². The summed E-state index contributed by atoms with van der Waals surface area (Å²) in [6, 6.07) is 2.14. The topological polar surface area (TPSA) is 99.9 Å². The zero-order chi connectivity index (χ0) is 18.0. The van der Waals surface area contributed by atoms with Crippen molar-refractivity contribution < 1.29 is 9.90 Å². The summed E-state index contributed by atoms with van der Waals surface area (Å²) in [6.07, 6.45) is 4.73. The number of aromatic amines is 1. The second-order valence-corrected chi connectivity index (χ2v) is 6.80. The minimum atomic E-state index is -1.16. The molecule has 25 heavy (non-hydrogen) atoms. The molecule has 3 heterocycles. The van der Waals surface area contributed by atoms with Crippen LogP contribution in [0.5, 0.6) is 0 Å². The number of hydrogen-bond acceptors (Lipinski definition) is 5. The highest BCUT2D eigenvalue weighted by molar-refractivity contribution is 5.92. The fourth-order valence-corrected chi connectivity index (χ4v) is 3.60. The van der Waals surface area contributed by atoms with Gasteiger partial charge in [-0.25, -0.2) is 0 Å². The van der Waals surface area contributed by atoms with Crippen molar-refractivity contribution in [3.63, 3.8) is 0 Å². The maximum absolute atomic E-state index is 12.9. The van der Waals surface area contributed by atoms with Gasteiger partial charge in [-0.05, 0) is 38.7 Å². The van der Waals surface area contributed by atoms with Gasteiger partial charge in [-0.15, -0.1) is 0 Å². The number of aryl methyl sites for hydroxylation is 1. The van der Waals surface area contributed by atoms with E-state index in [9.17, 15) is 9.90 Å². The number of carbonyl (C=O) groups is 1. The predicted molar refractivity (Wildman–Crippen MR) is 92.0 cm³/mol. The summed E-state index contributed by atoms with van der Waals surface area (Å²) in [5.41, 5.74) is 0.742. The number of nitrogens with zero attached hydrogens (tertiary/aromatic N) is 5. The summed E-state index contributed by atoms with van der Waals surface area (Å²) in [7, 11) is 0. The largest absolute Gasteiger partial charge is 0.382 e. The normalized spacial score (nSPS) is 21.1. The summed E-state index contributed by atoms with van der Waals surface area (Å²) in [5, 5.41) is 25.7. The number of aromatic nitrogens is 5. The van der Waals surface area contributed by atoms with Crippen LogP contribution in [0.15, 0.2) is 12.3 Å². The molecule has 0 bridgehead atoms. The molecule has 8 nitrogen and oxygen atoms in total. The van der Waals surface area contributed by atoms with E-state index in [0.29, 0.717) is 36.8 Å². The Morgan fingerprint density at radius 3 is 2.84 bits per heavy atom. The highest BCUT2D eigenvalue weighted by Crippen LogP contribution is 2.30. The van der Waals surface area contributed by atoms with Crippen LogP contribution in [-0.2, 0) is 5.60 Å². The molecule has 1 unspecified atom stereocenters. The maximum Gasteiger partial charge on any atom is 0.274 e. The van der Waals surface area contributed by atoms with Crippen LogP contribution in [0.25, 0.3) is 0 Å². The van der Waals surface area contributed by atoms with Gasteiger partial charge in [-0.2, -0.15) is 20.5 Å². The first kappa shape index (κ1) is 17.6. The molecule has 1 atom stereocenters. The lowest BCUT2D eigenvalue weighted by Crippen LogP contribution is -2.48. The van der Waals surface area contributed by atoms with Crippen molar-refractivity contribution in [3.8, 4) is 0 Å². The monoisotopic (exact) mass is 346 g/mol. The van der Waals surface area contributed by atoms with E-state index in [0.717, 1.165) is 18.5 Å². The maximum atomic E-state index is 12.9. The molecule has 1 amide bonds. The van der Waals surface area contributed by atoms with Crippen molar-refractivity contribution >= 4 is 5.91 Å². The standard InChI is InChI=1S/C17H26N6O2/c1-4-13(5-2)23-12(3)9-14(20-23)16(24)22-8-6-7-17(25,11-22)15-10-18-21-19-15/h9-10,13,25H,4-8,11H2,1-3H3,(H,18,19,21). The Morgan fingerprint density at radius 2 is 2.20 bits per heavy atom. The van der Waals surface area contributed by atoms with E-state index in [1.54, 1.807) is 4.90 Å². The van der Waals surface area contributed by atoms with Crippen molar-refractivity contribution in [2.24, 2.45) is 0 Å². The number of H-pyrrole nitrogens is 1. The van der Waals surface area contributed by atoms with E-state index < -0.39 is 5.60 Å². The number of carbonyl (C=O) groups excluding carboxylic acids is 1. The molecule has 136 valence electrons. The molecule has 8 heteroatoms. The average Bonchev–Trinajstić information content (AvgIpc) is 3.26. The first-order valence-electron chi connectivity index (χ1n) is 8.92. The lowest BCUT2D eigenvalue weighted by Gasteiger charge is -2.37. The highest BCUT2D eigenvalue weighted by Gasteiger charge is 2.39. The molecule has 1 aliphatic heterocycles. The zero-order valence-corrected chi connectivity index (χ0v) is 15.1. The summed E-state index contributed by atoms with van der Waals surface area (Å²) in [4.78, 5) is 14.6. The van der Waals surface area contributed by atoms with Crippen molar-refractivity contribution in [1.29, 1.82) is 0 Å². The first-order chi connectivity index (χ1) is 12.0. The molecule has 0 saturated carbocycles. The number of rotatable bonds is 5. The number of likely N-dealkylation sites (tertiary alicyclic amines) is 1. The van der Waals surface area contributed by atoms with Crippen molar-refractivity contribution in [3.05, 3.63) is 29.3 Å². The molecule has 1 aliphatic rings. The van der Waals surface area contributed by atoms with Crippen molar-refractivity contribution in [2.45, 2.75) is 58.1 Å². The van der Waals surface area contributed by atoms with E-state index >= 15 is 0 Å². The summed E-state index contributed by atoms with van der Waals surface area (Å²) >= 11 is 0. The Hall–Kier alpha value is -2.22. The van der Waals surface area contributed by atoms with Gasteiger partial charge < -0.3 is 10.0 Å². The van der Waals surface area contributed by atoms with Crippen LogP contribution in [0.4, 0.5) is 0 Å². The minimum absolute atomic E-state index is 0.144. The summed E-state index contributed by atoms with van der Waals surface area (Å²) in [5.74, 6) is -0.144. The smallest absolute Gasteiger partial charge is 0.274 e. The number of hydrogen-bond donors (Lipinski definition) is 2.